The second-order valence-corrected chi connectivity index (χ2v) is 12.1. The number of aromatic nitrogens is 1. The number of benzene rings is 3. The van der Waals surface area contributed by atoms with E-state index in [1.807, 2.05) is 19.1 Å². The molecule has 7 nitrogen and oxygen atoms in total. The molecule has 4 aromatic rings. The van der Waals surface area contributed by atoms with E-state index in [2.05, 4.69) is 5.32 Å². The van der Waals surface area contributed by atoms with E-state index in [-0.39, 0.29) is 6.54 Å². The van der Waals surface area contributed by atoms with Crippen molar-refractivity contribution in [3.63, 3.8) is 0 Å². The number of aryl methyl sites for hydroxylation is 1. The lowest BCUT2D eigenvalue weighted by atomic mass is 9.83. The van der Waals surface area contributed by atoms with E-state index in [0.29, 0.717) is 26.1 Å². The SMILES string of the molecule is Cc1ccccc1NC(=O)Cn1c2c(sc1=O)[C@@H](c1ccccc1)[C@@H]1C(=O)N(c3ccccc3C(F)(F)F)C(=O)[C@@H]1S2. The molecular weight excluding hydrogens is 587 g/mol. The quantitative estimate of drug-likeness (QED) is 0.295. The number of alkyl halides is 3. The van der Waals surface area contributed by atoms with Gasteiger partial charge in [0, 0.05) is 16.5 Å². The zero-order valence-corrected chi connectivity index (χ0v) is 23.6. The Labute approximate surface area is 246 Å². The molecular formula is C30H22F3N3O4S2. The number of fused-ring (bicyclic) bond motifs is 2. The summed E-state index contributed by atoms with van der Waals surface area (Å²) in [4.78, 5) is 54.7. The Morgan fingerprint density at radius 3 is 2.29 bits per heavy atom. The van der Waals surface area contributed by atoms with Crippen LogP contribution in [0.4, 0.5) is 24.5 Å². The summed E-state index contributed by atoms with van der Waals surface area (Å²) < 4.78 is 43.0. The summed E-state index contributed by atoms with van der Waals surface area (Å²) in [5, 5.41) is 2.05. The van der Waals surface area contributed by atoms with Crippen LogP contribution in [-0.4, -0.2) is 27.5 Å². The molecule has 3 heterocycles. The van der Waals surface area contributed by atoms with Crippen LogP contribution in [0.5, 0.6) is 0 Å². The second kappa shape index (κ2) is 10.6. The molecule has 3 atom stereocenters. The molecule has 0 aliphatic carbocycles. The molecule has 1 saturated heterocycles. The summed E-state index contributed by atoms with van der Waals surface area (Å²) in [5.41, 5.74) is 0.441. The standard InChI is InChI=1S/C30H22F3N3O4S2/c1-16-9-5-7-13-19(16)34-21(37)15-35-28-25(42-29(35)40)22(17-10-3-2-4-11-17)23-24(41-28)27(39)36(26(23)38)20-14-8-6-12-18(20)30(31,32)33/h2-14,22-24H,15H2,1H3,(H,34,37)/t22-,23-,24+/m0/s1. The zero-order valence-electron chi connectivity index (χ0n) is 21.9. The van der Waals surface area contributed by atoms with Crippen LogP contribution >= 0.6 is 23.1 Å². The van der Waals surface area contributed by atoms with Crippen LogP contribution in [0.3, 0.4) is 0 Å². The molecule has 2 aliphatic rings. The third-order valence-electron chi connectivity index (χ3n) is 7.38. The first-order valence-corrected chi connectivity index (χ1v) is 14.6. The first-order valence-electron chi connectivity index (χ1n) is 12.9. The number of hydrogen-bond donors (Lipinski definition) is 1. The maximum absolute atomic E-state index is 13.9. The average molecular weight is 610 g/mol. The summed E-state index contributed by atoms with van der Waals surface area (Å²) in [7, 11) is 0. The third-order valence-corrected chi connectivity index (χ3v) is 9.98. The Hall–Kier alpha value is -4.16. The minimum atomic E-state index is -4.79. The van der Waals surface area contributed by atoms with Crippen molar-refractivity contribution in [2.24, 2.45) is 5.92 Å². The Morgan fingerprint density at radius 1 is 0.905 bits per heavy atom. The number of halogens is 3. The Balaban J connectivity index is 1.43. The van der Waals surface area contributed by atoms with Crippen molar-refractivity contribution < 1.29 is 27.6 Å². The number of rotatable bonds is 5. The number of nitrogens with zero attached hydrogens (tertiary/aromatic N) is 2. The molecule has 1 N–H and O–H groups in total. The molecule has 3 amide bonds. The van der Waals surface area contributed by atoms with Gasteiger partial charge in [-0.25, -0.2) is 4.90 Å². The van der Waals surface area contributed by atoms with Crippen molar-refractivity contribution in [1.29, 1.82) is 0 Å². The maximum atomic E-state index is 13.9. The topological polar surface area (TPSA) is 88.5 Å². The number of carbonyl (C=O) groups excluding carboxylic acids is 3. The van der Waals surface area contributed by atoms with Crippen molar-refractivity contribution >= 4 is 52.2 Å². The van der Waals surface area contributed by atoms with Gasteiger partial charge in [-0.05, 0) is 36.2 Å². The summed E-state index contributed by atoms with van der Waals surface area (Å²) in [6.45, 7) is 1.49. The number of anilines is 2. The molecule has 2 aliphatic heterocycles. The van der Waals surface area contributed by atoms with Gasteiger partial charge < -0.3 is 5.32 Å². The fourth-order valence-corrected chi connectivity index (χ4v) is 8.24. The molecule has 6 rings (SSSR count). The van der Waals surface area contributed by atoms with E-state index >= 15 is 0 Å². The van der Waals surface area contributed by atoms with Gasteiger partial charge in [-0.1, -0.05) is 83.8 Å². The third kappa shape index (κ3) is 4.74. The van der Waals surface area contributed by atoms with Crippen molar-refractivity contribution in [3.8, 4) is 0 Å². The molecule has 0 unspecified atom stereocenters. The van der Waals surface area contributed by atoms with Crippen LogP contribution in [-0.2, 0) is 27.1 Å². The van der Waals surface area contributed by atoms with Gasteiger partial charge in [0.1, 0.15) is 11.8 Å². The van der Waals surface area contributed by atoms with Crippen molar-refractivity contribution in [1.82, 2.24) is 4.57 Å². The monoisotopic (exact) mass is 609 g/mol. The lowest BCUT2D eigenvalue weighted by Gasteiger charge is -2.30. The van der Waals surface area contributed by atoms with E-state index in [0.717, 1.165) is 40.8 Å². The van der Waals surface area contributed by atoms with Gasteiger partial charge in [-0.3, -0.25) is 23.7 Å². The minimum Gasteiger partial charge on any atom is -0.324 e. The number of thiazole rings is 1. The molecule has 214 valence electrons. The van der Waals surface area contributed by atoms with Gasteiger partial charge in [0.05, 0.1) is 22.2 Å². The number of para-hydroxylation sites is 2. The Morgan fingerprint density at radius 2 is 1.57 bits per heavy atom. The maximum Gasteiger partial charge on any atom is 0.418 e. The van der Waals surface area contributed by atoms with E-state index in [4.69, 9.17) is 0 Å². The van der Waals surface area contributed by atoms with E-state index in [9.17, 15) is 32.3 Å². The predicted octanol–water partition coefficient (Wildman–Crippen LogP) is 5.67. The molecule has 42 heavy (non-hydrogen) atoms. The number of carbonyl (C=O) groups is 3. The Bertz CT molecular complexity index is 1780. The van der Waals surface area contributed by atoms with Gasteiger partial charge in [0.15, 0.2) is 0 Å². The number of imide groups is 1. The normalized spacial score (nSPS) is 19.9. The van der Waals surface area contributed by atoms with Crippen LogP contribution in [0.15, 0.2) is 88.7 Å². The first kappa shape index (κ1) is 28.0. The highest BCUT2D eigenvalue weighted by molar-refractivity contribution is 8.00. The molecule has 0 radical (unpaired) electrons. The van der Waals surface area contributed by atoms with Crippen LogP contribution in [0, 0.1) is 12.8 Å². The lowest BCUT2D eigenvalue weighted by molar-refractivity contribution is -0.137. The van der Waals surface area contributed by atoms with Crippen LogP contribution < -0.4 is 15.1 Å². The molecule has 0 saturated carbocycles. The van der Waals surface area contributed by atoms with Crippen LogP contribution in [0.1, 0.15) is 27.5 Å². The van der Waals surface area contributed by atoms with Crippen molar-refractivity contribution in [2.75, 3.05) is 10.2 Å². The summed E-state index contributed by atoms with van der Waals surface area (Å²) in [6.07, 6.45) is -4.79. The molecule has 0 bridgehead atoms. The highest BCUT2D eigenvalue weighted by Gasteiger charge is 2.57. The fraction of sp³-hybridized carbons (Fsp3) is 0.200. The van der Waals surface area contributed by atoms with Gasteiger partial charge in [-0.15, -0.1) is 0 Å². The molecule has 3 aromatic carbocycles. The smallest absolute Gasteiger partial charge is 0.324 e. The van der Waals surface area contributed by atoms with E-state index in [1.54, 1.807) is 42.5 Å². The second-order valence-electron chi connectivity index (χ2n) is 9.97. The lowest BCUT2D eigenvalue weighted by Crippen LogP contribution is -2.33. The summed E-state index contributed by atoms with van der Waals surface area (Å²) in [5.74, 6) is -3.84. The largest absolute Gasteiger partial charge is 0.418 e. The number of hydrogen-bond acceptors (Lipinski definition) is 6. The number of amides is 3. The zero-order chi connectivity index (χ0) is 29.8. The summed E-state index contributed by atoms with van der Waals surface area (Å²) >= 11 is 1.82. The fourth-order valence-electron chi connectivity index (χ4n) is 5.47. The van der Waals surface area contributed by atoms with Crippen LogP contribution in [0.2, 0.25) is 0 Å². The highest BCUT2D eigenvalue weighted by atomic mass is 32.2. The van der Waals surface area contributed by atoms with Gasteiger partial charge in [0.2, 0.25) is 17.7 Å². The van der Waals surface area contributed by atoms with Gasteiger partial charge >= 0.3 is 11.0 Å². The average Bonchev–Trinajstić information content (AvgIpc) is 3.40. The molecule has 0 spiro atoms. The predicted molar refractivity (Wildman–Crippen MR) is 154 cm³/mol. The first-order chi connectivity index (χ1) is 20.1. The Kier molecular flexibility index (Phi) is 7.06. The van der Waals surface area contributed by atoms with Crippen molar-refractivity contribution in [2.45, 2.75) is 35.8 Å². The summed E-state index contributed by atoms with van der Waals surface area (Å²) in [6, 6.07) is 20.4. The molecule has 1 fully saturated rings. The van der Waals surface area contributed by atoms with E-state index in [1.165, 1.54) is 16.7 Å². The number of nitrogens with one attached hydrogen (secondary N) is 1. The molecule has 1 aromatic heterocycles. The van der Waals surface area contributed by atoms with Gasteiger partial charge in [0.25, 0.3) is 0 Å². The minimum absolute atomic E-state index is 0.340. The van der Waals surface area contributed by atoms with Gasteiger partial charge in [-0.2, -0.15) is 13.2 Å². The highest BCUT2D eigenvalue weighted by Crippen LogP contribution is 2.54. The van der Waals surface area contributed by atoms with Crippen molar-refractivity contribution in [3.05, 3.63) is 110 Å². The van der Waals surface area contributed by atoms with E-state index < -0.39 is 57.1 Å². The number of thioether (sulfide) groups is 1. The molecule has 12 heteroatoms. The van der Waals surface area contributed by atoms with Crippen LogP contribution in [0.25, 0.3) is 0 Å².